The Labute approximate surface area is 155 Å². The molecule has 1 amide bonds. The number of hydrogen-bond acceptors (Lipinski definition) is 4. The molecule has 0 fully saturated rings. The zero-order valence-electron chi connectivity index (χ0n) is 13.9. The van der Waals surface area contributed by atoms with Crippen molar-refractivity contribution in [1.82, 2.24) is 5.32 Å². The Kier molecular flexibility index (Phi) is 6.72. The minimum absolute atomic E-state index is 0.143. The van der Waals surface area contributed by atoms with E-state index in [-0.39, 0.29) is 5.91 Å². The van der Waals surface area contributed by atoms with Crippen molar-refractivity contribution in [3.63, 3.8) is 0 Å². The van der Waals surface area contributed by atoms with Gasteiger partial charge in [-0.3, -0.25) is 4.79 Å². The van der Waals surface area contributed by atoms with Crippen molar-refractivity contribution >= 4 is 28.5 Å². The van der Waals surface area contributed by atoms with Gasteiger partial charge in [0.15, 0.2) is 11.5 Å². The summed E-state index contributed by atoms with van der Waals surface area (Å²) in [6.07, 6.45) is 0.694. The summed E-state index contributed by atoms with van der Waals surface area (Å²) in [6.45, 7) is 0.517. The van der Waals surface area contributed by atoms with Gasteiger partial charge in [-0.1, -0.05) is 18.2 Å². The van der Waals surface area contributed by atoms with E-state index < -0.39 is 0 Å². The van der Waals surface area contributed by atoms with Crippen LogP contribution in [0.1, 0.15) is 15.9 Å². The van der Waals surface area contributed by atoms with Crippen molar-refractivity contribution in [1.29, 1.82) is 0 Å². The molecule has 128 valence electrons. The SMILES string of the molecule is COc1ccccc1CCNC(=O)c1cc(OC)c(OC)cc1I. The first-order valence-electron chi connectivity index (χ1n) is 7.42. The van der Waals surface area contributed by atoms with Gasteiger partial charge in [0, 0.05) is 10.1 Å². The Morgan fingerprint density at radius 2 is 1.62 bits per heavy atom. The van der Waals surface area contributed by atoms with Crippen LogP contribution in [0.15, 0.2) is 36.4 Å². The van der Waals surface area contributed by atoms with E-state index in [9.17, 15) is 4.79 Å². The third kappa shape index (κ3) is 4.31. The summed E-state index contributed by atoms with van der Waals surface area (Å²) in [5.74, 6) is 1.82. The standard InChI is InChI=1S/C18H20INO4/c1-22-15-7-5-4-6-12(15)8-9-20-18(21)13-10-16(23-2)17(24-3)11-14(13)19/h4-7,10-11H,8-9H2,1-3H3,(H,20,21). The lowest BCUT2D eigenvalue weighted by molar-refractivity contribution is 0.0952. The molecule has 0 spiro atoms. The second-order valence-corrected chi connectivity index (χ2v) is 6.17. The van der Waals surface area contributed by atoms with Crippen molar-refractivity contribution in [3.8, 4) is 17.2 Å². The van der Waals surface area contributed by atoms with Gasteiger partial charge in [-0.2, -0.15) is 0 Å². The van der Waals surface area contributed by atoms with Crippen molar-refractivity contribution in [2.24, 2.45) is 0 Å². The number of rotatable bonds is 7. The summed E-state index contributed by atoms with van der Waals surface area (Å²) in [6, 6.07) is 11.3. The minimum Gasteiger partial charge on any atom is -0.496 e. The first-order chi connectivity index (χ1) is 11.6. The summed E-state index contributed by atoms with van der Waals surface area (Å²) in [7, 11) is 4.76. The highest BCUT2D eigenvalue weighted by atomic mass is 127. The van der Waals surface area contributed by atoms with Crippen LogP contribution in [-0.2, 0) is 6.42 Å². The molecular weight excluding hydrogens is 421 g/mol. The maximum atomic E-state index is 12.4. The van der Waals surface area contributed by atoms with Gasteiger partial charge in [0.2, 0.25) is 0 Å². The predicted octanol–water partition coefficient (Wildman–Crippen LogP) is 3.29. The van der Waals surface area contributed by atoms with Crippen molar-refractivity contribution in [2.45, 2.75) is 6.42 Å². The minimum atomic E-state index is -0.143. The highest BCUT2D eigenvalue weighted by Crippen LogP contribution is 2.31. The summed E-state index contributed by atoms with van der Waals surface area (Å²) in [5, 5.41) is 2.93. The molecule has 0 radical (unpaired) electrons. The zero-order chi connectivity index (χ0) is 17.5. The van der Waals surface area contributed by atoms with Crippen LogP contribution in [0.2, 0.25) is 0 Å². The molecule has 5 nitrogen and oxygen atoms in total. The van der Waals surface area contributed by atoms with E-state index in [1.165, 1.54) is 0 Å². The Morgan fingerprint density at radius 1 is 1.00 bits per heavy atom. The molecule has 2 aromatic rings. The van der Waals surface area contributed by atoms with Gasteiger partial charge in [0.05, 0.1) is 26.9 Å². The molecule has 6 heteroatoms. The Balaban J connectivity index is 2.05. The van der Waals surface area contributed by atoms with Crippen LogP contribution in [0.3, 0.4) is 0 Å². The van der Waals surface area contributed by atoms with Gasteiger partial charge in [0.25, 0.3) is 5.91 Å². The highest BCUT2D eigenvalue weighted by molar-refractivity contribution is 14.1. The van der Waals surface area contributed by atoms with Crippen LogP contribution in [0, 0.1) is 3.57 Å². The number of nitrogens with one attached hydrogen (secondary N) is 1. The van der Waals surface area contributed by atoms with Crippen LogP contribution in [0.4, 0.5) is 0 Å². The van der Waals surface area contributed by atoms with Gasteiger partial charge >= 0.3 is 0 Å². The van der Waals surface area contributed by atoms with Crippen molar-refractivity contribution in [2.75, 3.05) is 27.9 Å². The smallest absolute Gasteiger partial charge is 0.252 e. The lowest BCUT2D eigenvalue weighted by atomic mass is 10.1. The van der Waals surface area contributed by atoms with E-state index in [2.05, 4.69) is 27.9 Å². The second-order valence-electron chi connectivity index (χ2n) is 5.00. The molecule has 0 unspecified atom stereocenters. The third-order valence-corrected chi connectivity index (χ3v) is 4.48. The van der Waals surface area contributed by atoms with E-state index >= 15 is 0 Å². The molecule has 0 aromatic heterocycles. The molecule has 0 aliphatic heterocycles. The number of carbonyl (C=O) groups is 1. The van der Waals surface area contributed by atoms with E-state index in [1.54, 1.807) is 33.5 Å². The average molecular weight is 441 g/mol. The number of ether oxygens (including phenoxy) is 3. The molecule has 0 atom stereocenters. The van der Waals surface area contributed by atoms with Gasteiger partial charge in [-0.05, 0) is 52.8 Å². The van der Waals surface area contributed by atoms with Gasteiger partial charge in [-0.15, -0.1) is 0 Å². The molecule has 0 heterocycles. The molecule has 0 aliphatic carbocycles. The summed E-state index contributed by atoms with van der Waals surface area (Å²) in [4.78, 5) is 12.4. The topological polar surface area (TPSA) is 56.8 Å². The van der Waals surface area contributed by atoms with Crippen LogP contribution in [0.5, 0.6) is 17.2 Å². The fraction of sp³-hybridized carbons (Fsp3) is 0.278. The molecule has 0 saturated heterocycles. The first-order valence-corrected chi connectivity index (χ1v) is 8.50. The number of para-hydroxylation sites is 1. The van der Waals surface area contributed by atoms with Gasteiger partial charge < -0.3 is 19.5 Å². The third-order valence-electron chi connectivity index (χ3n) is 3.59. The van der Waals surface area contributed by atoms with Crippen LogP contribution in [0.25, 0.3) is 0 Å². The van der Waals surface area contributed by atoms with Gasteiger partial charge in [0.1, 0.15) is 5.75 Å². The first kappa shape index (κ1) is 18.4. The zero-order valence-corrected chi connectivity index (χ0v) is 16.0. The monoisotopic (exact) mass is 441 g/mol. The predicted molar refractivity (Wildman–Crippen MR) is 101 cm³/mol. The summed E-state index contributed by atoms with van der Waals surface area (Å²) < 4.78 is 16.6. The van der Waals surface area contributed by atoms with Crippen LogP contribution < -0.4 is 19.5 Å². The Hall–Kier alpha value is -1.96. The molecule has 24 heavy (non-hydrogen) atoms. The van der Waals surface area contributed by atoms with Crippen LogP contribution >= 0.6 is 22.6 Å². The maximum absolute atomic E-state index is 12.4. The van der Waals surface area contributed by atoms with E-state index in [1.807, 2.05) is 24.3 Å². The lowest BCUT2D eigenvalue weighted by Crippen LogP contribution is -2.26. The number of amides is 1. The van der Waals surface area contributed by atoms with Crippen molar-refractivity contribution in [3.05, 3.63) is 51.1 Å². The number of hydrogen-bond donors (Lipinski definition) is 1. The molecular formula is C18H20INO4. The maximum Gasteiger partial charge on any atom is 0.252 e. The molecule has 0 saturated carbocycles. The molecule has 0 bridgehead atoms. The molecule has 1 N–H and O–H groups in total. The normalized spacial score (nSPS) is 10.2. The number of carbonyl (C=O) groups excluding carboxylic acids is 1. The number of methoxy groups -OCH3 is 3. The molecule has 2 rings (SSSR count). The quantitative estimate of drug-likeness (QED) is 0.671. The largest absolute Gasteiger partial charge is 0.496 e. The van der Waals surface area contributed by atoms with E-state index in [0.717, 1.165) is 14.9 Å². The fourth-order valence-electron chi connectivity index (χ4n) is 2.34. The molecule has 2 aromatic carbocycles. The second kappa shape index (κ2) is 8.77. The van der Waals surface area contributed by atoms with Crippen molar-refractivity contribution < 1.29 is 19.0 Å². The highest BCUT2D eigenvalue weighted by Gasteiger charge is 2.15. The van der Waals surface area contributed by atoms with Crippen LogP contribution in [-0.4, -0.2) is 33.8 Å². The van der Waals surface area contributed by atoms with E-state index in [0.29, 0.717) is 30.0 Å². The number of benzene rings is 2. The summed E-state index contributed by atoms with van der Waals surface area (Å²) in [5.41, 5.74) is 1.62. The fourth-order valence-corrected chi connectivity index (χ4v) is 3.03. The van der Waals surface area contributed by atoms with E-state index in [4.69, 9.17) is 14.2 Å². The average Bonchev–Trinajstić information content (AvgIpc) is 2.61. The molecule has 0 aliphatic rings. The number of halogens is 1. The summed E-state index contributed by atoms with van der Waals surface area (Å²) >= 11 is 2.12. The lowest BCUT2D eigenvalue weighted by Gasteiger charge is -2.13. The Bertz CT molecular complexity index is 718. The Morgan fingerprint density at radius 3 is 2.29 bits per heavy atom. The van der Waals surface area contributed by atoms with Gasteiger partial charge in [-0.25, -0.2) is 0 Å².